The van der Waals surface area contributed by atoms with E-state index in [1.54, 1.807) is 0 Å². The fourth-order valence-electron chi connectivity index (χ4n) is 1.02. The molecule has 0 unspecified atom stereocenters. The van der Waals surface area contributed by atoms with Gasteiger partial charge in [0.15, 0.2) is 0 Å². The van der Waals surface area contributed by atoms with Crippen molar-refractivity contribution in [1.82, 2.24) is 0 Å². The third kappa shape index (κ3) is 9.12. The van der Waals surface area contributed by atoms with Gasteiger partial charge < -0.3 is 4.74 Å². The Balaban J connectivity index is 3.15. The number of rotatable bonds is 7. The van der Waals surface area contributed by atoms with E-state index in [1.165, 1.54) is 20.0 Å². The molecule has 13 heavy (non-hydrogen) atoms. The Morgan fingerprint density at radius 2 is 1.85 bits per heavy atom. The highest BCUT2D eigenvalue weighted by Crippen LogP contribution is 2.01. The van der Waals surface area contributed by atoms with Gasteiger partial charge in [0.05, 0.1) is 7.11 Å². The van der Waals surface area contributed by atoms with Crippen LogP contribution in [0.1, 0.15) is 45.4 Å². The minimum absolute atomic E-state index is 0.109. The fraction of sp³-hybridized carbons (Fsp3) is 0.727. The van der Waals surface area contributed by atoms with Crippen molar-refractivity contribution >= 4 is 5.97 Å². The first kappa shape index (κ1) is 12.2. The van der Waals surface area contributed by atoms with Gasteiger partial charge in [0, 0.05) is 6.42 Å². The van der Waals surface area contributed by atoms with Crippen molar-refractivity contribution in [2.75, 3.05) is 7.11 Å². The molecule has 0 fully saturated rings. The number of allylic oxidation sites excluding steroid dienone is 2. The summed E-state index contributed by atoms with van der Waals surface area (Å²) in [6.07, 6.45) is 10.4. The number of carbonyl (C=O) groups is 1. The minimum Gasteiger partial charge on any atom is -0.469 e. The van der Waals surface area contributed by atoms with Gasteiger partial charge in [-0.2, -0.15) is 0 Å². The second-order valence-electron chi connectivity index (χ2n) is 3.08. The summed E-state index contributed by atoms with van der Waals surface area (Å²) in [5.41, 5.74) is 0. The van der Waals surface area contributed by atoms with Crippen LogP contribution < -0.4 is 0 Å². The van der Waals surface area contributed by atoms with Crippen LogP contribution >= 0.6 is 0 Å². The number of unbranched alkanes of at least 4 members (excludes halogenated alkanes) is 3. The van der Waals surface area contributed by atoms with Gasteiger partial charge >= 0.3 is 5.97 Å². The fourth-order valence-corrected chi connectivity index (χ4v) is 1.02. The number of methoxy groups -OCH3 is 1. The average molecular weight is 184 g/mol. The maximum atomic E-state index is 10.7. The standard InChI is InChI=1S/C11H20O2/c1-3-4-5-6-7-8-9-10-11(12)13-2/h6-7H,3-5,8-10H2,1-2H3. The van der Waals surface area contributed by atoms with Crippen LogP contribution in [0.15, 0.2) is 12.2 Å². The molecule has 0 bridgehead atoms. The van der Waals surface area contributed by atoms with Crippen LogP contribution in [0.4, 0.5) is 0 Å². The number of esters is 1. The molecule has 0 radical (unpaired) electrons. The molecule has 0 rings (SSSR count). The lowest BCUT2D eigenvalue weighted by atomic mass is 10.2. The molecule has 0 spiro atoms. The topological polar surface area (TPSA) is 26.3 Å². The van der Waals surface area contributed by atoms with Gasteiger partial charge in [0.25, 0.3) is 0 Å². The van der Waals surface area contributed by atoms with Crippen LogP contribution in [0.5, 0.6) is 0 Å². The highest BCUT2D eigenvalue weighted by Gasteiger charge is 1.96. The van der Waals surface area contributed by atoms with Crippen molar-refractivity contribution in [3.05, 3.63) is 12.2 Å². The van der Waals surface area contributed by atoms with Crippen LogP contribution in [0.3, 0.4) is 0 Å². The van der Waals surface area contributed by atoms with Gasteiger partial charge in [-0.1, -0.05) is 31.9 Å². The monoisotopic (exact) mass is 184 g/mol. The van der Waals surface area contributed by atoms with E-state index in [9.17, 15) is 4.79 Å². The highest BCUT2D eigenvalue weighted by atomic mass is 16.5. The Morgan fingerprint density at radius 1 is 1.23 bits per heavy atom. The predicted molar refractivity (Wildman–Crippen MR) is 54.5 cm³/mol. The molecule has 0 atom stereocenters. The molecule has 0 saturated carbocycles. The summed E-state index contributed by atoms with van der Waals surface area (Å²) in [7, 11) is 1.43. The zero-order valence-corrected chi connectivity index (χ0v) is 8.71. The van der Waals surface area contributed by atoms with Crippen LogP contribution in [0, 0.1) is 0 Å². The van der Waals surface area contributed by atoms with Crippen molar-refractivity contribution in [1.29, 1.82) is 0 Å². The quantitative estimate of drug-likeness (QED) is 0.345. The van der Waals surface area contributed by atoms with Crippen molar-refractivity contribution in [2.45, 2.75) is 45.4 Å². The first-order valence-electron chi connectivity index (χ1n) is 5.03. The minimum atomic E-state index is -0.109. The summed E-state index contributed by atoms with van der Waals surface area (Å²) in [5, 5.41) is 0. The smallest absolute Gasteiger partial charge is 0.305 e. The third-order valence-electron chi connectivity index (χ3n) is 1.87. The van der Waals surface area contributed by atoms with E-state index in [-0.39, 0.29) is 5.97 Å². The maximum absolute atomic E-state index is 10.7. The third-order valence-corrected chi connectivity index (χ3v) is 1.87. The van der Waals surface area contributed by atoms with Crippen molar-refractivity contribution in [2.24, 2.45) is 0 Å². The highest BCUT2D eigenvalue weighted by molar-refractivity contribution is 5.68. The molecule has 0 aromatic rings. The first-order valence-corrected chi connectivity index (χ1v) is 5.03. The molecular formula is C11H20O2. The van der Waals surface area contributed by atoms with E-state index >= 15 is 0 Å². The zero-order valence-electron chi connectivity index (χ0n) is 8.71. The molecule has 0 aliphatic carbocycles. The molecule has 0 aromatic carbocycles. The Labute approximate surface area is 81.0 Å². The second kappa shape index (κ2) is 9.30. The molecule has 0 N–H and O–H groups in total. The van der Waals surface area contributed by atoms with E-state index in [4.69, 9.17) is 0 Å². The van der Waals surface area contributed by atoms with Gasteiger partial charge in [-0.25, -0.2) is 0 Å². The molecule has 0 heterocycles. The van der Waals surface area contributed by atoms with Gasteiger partial charge in [-0.05, 0) is 19.3 Å². The number of carbonyl (C=O) groups excluding carboxylic acids is 1. The molecule has 0 amide bonds. The van der Waals surface area contributed by atoms with Crippen molar-refractivity contribution < 1.29 is 9.53 Å². The lowest BCUT2D eigenvalue weighted by Gasteiger charge is -1.95. The van der Waals surface area contributed by atoms with Gasteiger partial charge in [0.1, 0.15) is 0 Å². The summed E-state index contributed by atoms with van der Waals surface area (Å²) in [6.45, 7) is 2.19. The first-order chi connectivity index (χ1) is 6.31. The summed E-state index contributed by atoms with van der Waals surface area (Å²) in [4.78, 5) is 10.7. The van der Waals surface area contributed by atoms with Crippen LogP contribution in [-0.2, 0) is 9.53 Å². The SMILES string of the molecule is CCCCC=CCCCC(=O)OC. The summed E-state index contributed by atoms with van der Waals surface area (Å²) >= 11 is 0. The van der Waals surface area contributed by atoms with E-state index in [0.29, 0.717) is 6.42 Å². The van der Waals surface area contributed by atoms with Crippen LogP contribution in [0.25, 0.3) is 0 Å². The Bertz CT molecular complexity index is 150. The van der Waals surface area contributed by atoms with Crippen LogP contribution in [-0.4, -0.2) is 13.1 Å². The Hall–Kier alpha value is -0.790. The summed E-state index contributed by atoms with van der Waals surface area (Å²) in [5.74, 6) is -0.109. The molecule has 2 nitrogen and oxygen atoms in total. The Kier molecular flexibility index (Phi) is 8.73. The van der Waals surface area contributed by atoms with E-state index in [1.807, 2.05) is 0 Å². The number of ether oxygens (including phenoxy) is 1. The largest absolute Gasteiger partial charge is 0.469 e. The zero-order chi connectivity index (χ0) is 9.94. The van der Waals surface area contributed by atoms with Gasteiger partial charge in [0.2, 0.25) is 0 Å². The molecule has 76 valence electrons. The van der Waals surface area contributed by atoms with E-state index in [0.717, 1.165) is 19.3 Å². The molecule has 0 aliphatic rings. The molecular weight excluding hydrogens is 164 g/mol. The van der Waals surface area contributed by atoms with Crippen LogP contribution in [0.2, 0.25) is 0 Å². The summed E-state index contributed by atoms with van der Waals surface area (Å²) < 4.78 is 4.53. The number of hydrogen-bond donors (Lipinski definition) is 0. The van der Waals surface area contributed by atoms with Gasteiger partial charge in [-0.15, -0.1) is 0 Å². The van der Waals surface area contributed by atoms with Gasteiger partial charge in [-0.3, -0.25) is 4.79 Å². The van der Waals surface area contributed by atoms with E-state index < -0.39 is 0 Å². The van der Waals surface area contributed by atoms with Crippen molar-refractivity contribution in [3.63, 3.8) is 0 Å². The molecule has 0 aromatic heterocycles. The molecule has 0 aliphatic heterocycles. The second-order valence-corrected chi connectivity index (χ2v) is 3.08. The summed E-state index contributed by atoms with van der Waals surface area (Å²) in [6, 6.07) is 0. The lowest BCUT2D eigenvalue weighted by molar-refractivity contribution is -0.140. The predicted octanol–water partition coefficient (Wildman–Crippen LogP) is 3.08. The van der Waals surface area contributed by atoms with Crippen molar-refractivity contribution in [3.8, 4) is 0 Å². The van der Waals surface area contributed by atoms with E-state index in [2.05, 4.69) is 23.8 Å². The maximum Gasteiger partial charge on any atom is 0.305 e. The molecule has 2 heteroatoms. The lowest BCUT2D eigenvalue weighted by Crippen LogP contribution is -1.98. The Morgan fingerprint density at radius 3 is 2.38 bits per heavy atom. The average Bonchev–Trinajstić information content (AvgIpc) is 2.16. The normalized spacial score (nSPS) is 10.6. The molecule has 0 saturated heterocycles. The number of hydrogen-bond acceptors (Lipinski definition) is 2.